The first-order valence-corrected chi connectivity index (χ1v) is 8.96. The molecule has 2 rings (SSSR count). The predicted molar refractivity (Wildman–Crippen MR) is 95.2 cm³/mol. The minimum atomic E-state index is -0.537. The molecule has 1 unspecified atom stereocenters. The number of para-hydroxylation sites is 1. The van der Waals surface area contributed by atoms with Crippen LogP contribution in [0.4, 0.5) is 0 Å². The van der Waals surface area contributed by atoms with Gasteiger partial charge in [0.25, 0.3) is 5.91 Å². The average Bonchev–Trinajstić information content (AvgIpc) is 2.60. The fraction of sp³-hybridized carbons (Fsp3) is 0.632. The molecule has 1 atom stereocenters. The number of hydrogen-bond acceptors (Lipinski definition) is 4. The lowest BCUT2D eigenvalue weighted by atomic mass is 9.99. The third-order valence-corrected chi connectivity index (χ3v) is 4.59. The van der Waals surface area contributed by atoms with E-state index in [9.17, 15) is 9.90 Å². The molecule has 5 heteroatoms. The summed E-state index contributed by atoms with van der Waals surface area (Å²) in [6.07, 6.45) is 2.70. The molecule has 1 amide bonds. The zero-order chi connectivity index (χ0) is 17.4. The van der Waals surface area contributed by atoms with Crippen LogP contribution in [0.15, 0.2) is 24.3 Å². The number of aliphatic hydroxyl groups excluding tert-OH is 1. The maximum atomic E-state index is 11.9. The second-order valence-electron chi connectivity index (χ2n) is 6.69. The molecule has 134 valence electrons. The molecule has 0 spiro atoms. The Kier molecular flexibility index (Phi) is 7.53. The minimum Gasteiger partial charge on any atom is -0.483 e. The maximum absolute atomic E-state index is 11.9. The summed E-state index contributed by atoms with van der Waals surface area (Å²) in [5.74, 6) is 1.33. The Bertz CT molecular complexity index is 513. The Morgan fingerprint density at radius 2 is 2.08 bits per heavy atom. The quantitative estimate of drug-likeness (QED) is 0.761. The zero-order valence-electron chi connectivity index (χ0n) is 14.8. The number of nitrogens with zero attached hydrogens (tertiary/aromatic N) is 1. The molecular formula is C19H30N2O3. The highest BCUT2D eigenvalue weighted by atomic mass is 16.5. The van der Waals surface area contributed by atoms with Crippen LogP contribution in [0.1, 0.15) is 32.3 Å². The summed E-state index contributed by atoms with van der Waals surface area (Å²) in [5, 5.41) is 12.8. The van der Waals surface area contributed by atoms with Gasteiger partial charge in [-0.15, -0.1) is 0 Å². The molecule has 1 aromatic carbocycles. The van der Waals surface area contributed by atoms with Gasteiger partial charge in [0.05, 0.1) is 6.10 Å². The van der Waals surface area contributed by atoms with E-state index in [4.69, 9.17) is 4.74 Å². The predicted octanol–water partition coefficient (Wildman–Crippen LogP) is 1.84. The van der Waals surface area contributed by atoms with Crippen molar-refractivity contribution in [3.63, 3.8) is 0 Å². The van der Waals surface area contributed by atoms with E-state index in [1.54, 1.807) is 0 Å². The van der Waals surface area contributed by atoms with Gasteiger partial charge < -0.3 is 20.1 Å². The highest BCUT2D eigenvalue weighted by molar-refractivity contribution is 5.77. The Labute approximate surface area is 145 Å². The molecule has 0 bridgehead atoms. The van der Waals surface area contributed by atoms with Crippen molar-refractivity contribution in [2.75, 3.05) is 32.8 Å². The van der Waals surface area contributed by atoms with Gasteiger partial charge in [0.1, 0.15) is 5.75 Å². The number of benzene rings is 1. The van der Waals surface area contributed by atoms with Gasteiger partial charge >= 0.3 is 0 Å². The smallest absolute Gasteiger partial charge is 0.258 e. The number of rotatable bonds is 8. The molecule has 1 saturated heterocycles. The van der Waals surface area contributed by atoms with Crippen molar-refractivity contribution in [3.8, 4) is 5.75 Å². The van der Waals surface area contributed by atoms with Crippen LogP contribution in [0.25, 0.3) is 0 Å². The summed E-state index contributed by atoms with van der Waals surface area (Å²) in [5.41, 5.74) is 1.09. The van der Waals surface area contributed by atoms with Gasteiger partial charge in [-0.05, 0) is 49.9 Å². The Balaban J connectivity index is 1.65. The number of aliphatic hydroxyl groups is 1. The first-order chi connectivity index (χ1) is 11.6. The van der Waals surface area contributed by atoms with Crippen LogP contribution in [-0.4, -0.2) is 54.8 Å². The molecule has 0 aromatic heterocycles. The molecular weight excluding hydrogens is 304 g/mol. The number of amides is 1. The van der Waals surface area contributed by atoms with Gasteiger partial charge in [-0.25, -0.2) is 0 Å². The lowest BCUT2D eigenvalue weighted by molar-refractivity contribution is -0.123. The van der Waals surface area contributed by atoms with Gasteiger partial charge in [-0.2, -0.15) is 0 Å². The third-order valence-electron chi connectivity index (χ3n) is 4.59. The largest absolute Gasteiger partial charge is 0.483 e. The Morgan fingerprint density at radius 3 is 2.79 bits per heavy atom. The molecule has 0 saturated carbocycles. The average molecular weight is 334 g/mol. The van der Waals surface area contributed by atoms with Crippen LogP contribution < -0.4 is 10.1 Å². The normalized spacial score (nSPS) is 17.5. The third kappa shape index (κ3) is 6.13. The molecule has 1 aromatic rings. The fourth-order valence-electron chi connectivity index (χ4n) is 2.97. The number of piperidine rings is 1. The molecule has 1 aliphatic heterocycles. The molecule has 0 aliphatic carbocycles. The molecule has 0 radical (unpaired) electrons. The van der Waals surface area contributed by atoms with E-state index in [1.807, 2.05) is 24.3 Å². The van der Waals surface area contributed by atoms with Crippen molar-refractivity contribution in [2.45, 2.75) is 39.2 Å². The summed E-state index contributed by atoms with van der Waals surface area (Å²) in [6.45, 7) is 7.25. The number of likely N-dealkylation sites (tertiary alicyclic amines) is 1. The van der Waals surface area contributed by atoms with Crippen molar-refractivity contribution < 1.29 is 14.6 Å². The fourth-order valence-corrected chi connectivity index (χ4v) is 2.97. The van der Waals surface area contributed by atoms with E-state index in [0.29, 0.717) is 6.54 Å². The highest BCUT2D eigenvalue weighted by Crippen LogP contribution is 2.18. The van der Waals surface area contributed by atoms with Crippen molar-refractivity contribution in [1.29, 1.82) is 0 Å². The van der Waals surface area contributed by atoms with E-state index in [-0.39, 0.29) is 19.1 Å². The Hall–Kier alpha value is -1.59. The van der Waals surface area contributed by atoms with Crippen LogP contribution in [-0.2, 0) is 11.2 Å². The number of carbonyl (C=O) groups is 1. The zero-order valence-corrected chi connectivity index (χ0v) is 14.8. The Morgan fingerprint density at radius 1 is 1.38 bits per heavy atom. The van der Waals surface area contributed by atoms with Crippen LogP contribution in [0.3, 0.4) is 0 Å². The molecule has 2 N–H and O–H groups in total. The van der Waals surface area contributed by atoms with Crippen molar-refractivity contribution in [2.24, 2.45) is 5.92 Å². The molecule has 5 nitrogen and oxygen atoms in total. The molecule has 24 heavy (non-hydrogen) atoms. The minimum absolute atomic E-state index is 0.0229. The van der Waals surface area contributed by atoms with Crippen LogP contribution >= 0.6 is 0 Å². The van der Waals surface area contributed by atoms with Crippen molar-refractivity contribution in [3.05, 3.63) is 29.8 Å². The summed E-state index contributed by atoms with van der Waals surface area (Å²) in [4.78, 5) is 14.2. The van der Waals surface area contributed by atoms with E-state index in [2.05, 4.69) is 24.1 Å². The number of ether oxygens (including phenoxy) is 1. The number of aryl methyl sites for hydroxylation is 1. The van der Waals surface area contributed by atoms with Gasteiger partial charge in [0.2, 0.25) is 0 Å². The second-order valence-corrected chi connectivity index (χ2v) is 6.69. The second kappa shape index (κ2) is 9.64. The lowest BCUT2D eigenvalue weighted by Gasteiger charge is -2.31. The monoisotopic (exact) mass is 334 g/mol. The van der Waals surface area contributed by atoms with E-state index in [1.165, 1.54) is 12.8 Å². The van der Waals surface area contributed by atoms with Crippen molar-refractivity contribution in [1.82, 2.24) is 10.2 Å². The summed E-state index contributed by atoms with van der Waals surface area (Å²) in [7, 11) is 0. The summed E-state index contributed by atoms with van der Waals surface area (Å²) < 4.78 is 5.58. The van der Waals surface area contributed by atoms with Gasteiger partial charge in [-0.3, -0.25) is 4.79 Å². The number of β-amino-alcohol motifs (C(OH)–C–C–N with tert-alkyl or cyclic N) is 1. The first kappa shape index (κ1) is 18.7. The van der Waals surface area contributed by atoms with Crippen LogP contribution in [0, 0.1) is 5.92 Å². The van der Waals surface area contributed by atoms with E-state index < -0.39 is 6.10 Å². The van der Waals surface area contributed by atoms with Gasteiger partial charge in [0.15, 0.2) is 6.61 Å². The summed E-state index contributed by atoms with van der Waals surface area (Å²) in [6, 6.07) is 7.73. The molecule has 1 aliphatic rings. The first-order valence-electron chi connectivity index (χ1n) is 8.96. The van der Waals surface area contributed by atoms with E-state index in [0.717, 1.165) is 36.7 Å². The molecule has 1 fully saturated rings. The number of nitrogens with one attached hydrogen (secondary N) is 1. The van der Waals surface area contributed by atoms with Crippen molar-refractivity contribution >= 4 is 5.91 Å². The van der Waals surface area contributed by atoms with Crippen LogP contribution in [0.5, 0.6) is 5.75 Å². The summed E-state index contributed by atoms with van der Waals surface area (Å²) >= 11 is 0. The standard InChI is InChI=1S/C19H30N2O3/c1-3-16-6-4-5-7-18(16)24-14-19(23)20-12-17(22)13-21-10-8-15(2)9-11-21/h4-7,15,17,22H,3,8-14H2,1-2H3,(H,20,23). The van der Waals surface area contributed by atoms with Crippen LogP contribution in [0.2, 0.25) is 0 Å². The maximum Gasteiger partial charge on any atom is 0.258 e. The molecule has 1 heterocycles. The van der Waals surface area contributed by atoms with Gasteiger partial charge in [-0.1, -0.05) is 32.0 Å². The highest BCUT2D eigenvalue weighted by Gasteiger charge is 2.18. The lowest BCUT2D eigenvalue weighted by Crippen LogP contribution is -2.43. The topological polar surface area (TPSA) is 61.8 Å². The number of hydrogen-bond donors (Lipinski definition) is 2. The number of carbonyl (C=O) groups excluding carboxylic acids is 1. The van der Waals surface area contributed by atoms with E-state index >= 15 is 0 Å². The SMILES string of the molecule is CCc1ccccc1OCC(=O)NCC(O)CN1CCC(C)CC1. The van der Waals surface area contributed by atoms with Gasteiger partial charge in [0, 0.05) is 13.1 Å².